The largest absolute Gasteiger partial charge is 0.262 e. The van der Waals surface area contributed by atoms with Crippen molar-refractivity contribution in [1.82, 2.24) is 9.97 Å². The number of aryl methyl sites for hydroxylation is 1. The first-order chi connectivity index (χ1) is 8.66. The number of nitrogens with zero attached hydrogens (tertiary/aromatic N) is 2. The lowest BCUT2D eigenvalue weighted by Gasteiger charge is -2.40. The fourth-order valence-electron chi connectivity index (χ4n) is 3.31. The molecule has 0 bridgehead atoms. The van der Waals surface area contributed by atoms with Crippen molar-refractivity contribution in [3.63, 3.8) is 0 Å². The number of hydrogen-bond acceptors (Lipinski definition) is 2. The molecule has 0 N–H and O–H groups in total. The maximum absolute atomic E-state index is 4.47. The van der Waals surface area contributed by atoms with E-state index >= 15 is 0 Å². The summed E-state index contributed by atoms with van der Waals surface area (Å²) >= 11 is 0. The van der Waals surface area contributed by atoms with Crippen LogP contribution in [0.3, 0.4) is 0 Å². The van der Waals surface area contributed by atoms with Gasteiger partial charge >= 0.3 is 0 Å². The number of aromatic nitrogens is 2. The highest BCUT2D eigenvalue weighted by Gasteiger charge is 2.36. The van der Waals surface area contributed by atoms with E-state index in [1.165, 1.54) is 29.4 Å². The summed E-state index contributed by atoms with van der Waals surface area (Å²) < 4.78 is 0. The normalized spacial score (nSPS) is 24.2. The summed E-state index contributed by atoms with van der Waals surface area (Å²) in [6.07, 6.45) is 9.47. The van der Waals surface area contributed by atoms with E-state index in [-0.39, 0.29) is 5.41 Å². The van der Waals surface area contributed by atoms with E-state index in [1.807, 2.05) is 12.4 Å². The Hall–Kier alpha value is -1.44. The average molecular weight is 240 g/mol. The first kappa shape index (κ1) is 11.6. The minimum atomic E-state index is 0.247. The molecule has 94 valence electrons. The van der Waals surface area contributed by atoms with Crippen LogP contribution in [0.4, 0.5) is 0 Å². The highest BCUT2D eigenvalue weighted by Crippen LogP contribution is 2.45. The van der Waals surface area contributed by atoms with Gasteiger partial charge < -0.3 is 0 Å². The van der Waals surface area contributed by atoms with Crippen molar-refractivity contribution in [2.45, 2.75) is 45.4 Å². The summed E-state index contributed by atoms with van der Waals surface area (Å²) in [7, 11) is 0. The van der Waals surface area contributed by atoms with Gasteiger partial charge in [0.25, 0.3) is 0 Å². The fourth-order valence-corrected chi connectivity index (χ4v) is 3.31. The van der Waals surface area contributed by atoms with E-state index in [0.29, 0.717) is 5.92 Å². The van der Waals surface area contributed by atoms with E-state index in [9.17, 15) is 0 Å². The van der Waals surface area contributed by atoms with Crippen LogP contribution in [-0.4, -0.2) is 9.97 Å². The van der Waals surface area contributed by atoms with Gasteiger partial charge in [-0.2, -0.15) is 0 Å². The molecule has 0 amide bonds. The van der Waals surface area contributed by atoms with Crippen LogP contribution >= 0.6 is 0 Å². The van der Waals surface area contributed by atoms with Crippen LogP contribution in [0, 0.1) is 5.92 Å². The van der Waals surface area contributed by atoms with Gasteiger partial charge in [0.15, 0.2) is 0 Å². The Morgan fingerprint density at radius 2 is 2.22 bits per heavy atom. The summed E-state index contributed by atoms with van der Waals surface area (Å²) in [4.78, 5) is 8.88. The lowest BCUT2D eigenvalue weighted by molar-refractivity contribution is 0.282. The molecule has 2 heterocycles. The average Bonchev–Trinajstić information content (AvgIpc) is 2.42. The SMILES string of the molecule is CCC(C)C1(C)CCc2ccnc3cncc1c23. The lowest BCUT2D eigenvalue weighted by atomic mass is 9.65. The second-order valence-corrected chi connectivity index (χ2v) is 5.78. The van der Waals surface area contributed by atoms with Gasteiger partial charge in [-0.25, -0.2) is 0 Å². The summed E-state index contributed by atoms with van der Waals surface area (Å²) in [5.41, 5.74) is 4.15. The van der Waals surface area contributed by atoms with Crippen molar-refractivity contribution in [2.24, 2.45) is 5.92 Å². The van der Waals surface area contributed by atoms with Crippen LogP contribution < -0.4 is 0 Å². The van der Waals surface area contributed by atoms with E-state index in [2.05, 4.69) is 43.0 Å². The molecule has 0 radical (unpaired) electrons. The quantitative estimate of drug-likeness (QED) is 0.796. The predicted octanol–water partition coefficient (Wildman–Crippen LogP) is 3.88. The Kier molecular flexibility index (Phi) is 2.61. The van der Waals surface area contributed by atoms with E-state index < -0.39 is 0 Å². The summed E-state index contributed by atoms with van der Waals surface area (Å²) in [5.74, 6) is 0.679. The molecule has 3 rings (SSSR count). The van der Waals surface area contributed by atoms with Crippen molar-refractivity contribution in [2.75, 3.05) is 0 Å². The zero-order valence-electron chi connectivity index (χ0n) is 11.4. The molecule has 0 aromatic carbocycles. The van der Waals surface area contributed by atoms with Crippen LogP contribution in [0.1, 0.15) is 44.7 Å². The first-order valence-corrected chi connectivity index (χ1v) is 6.89. The second kappa shape index (κ2) is 4.04. The van der Waals surface area contributed by atoms with Crippen molar-refractivity contribution in [1.29, 1.82) is 0 Å². The monoisotopic (exact) mass is 240 g/mol. The Labute approximate surface area is 108 Å². The molecule has 2 aromatic heterocycles. The minimum absolute atomic E-state index is 0.247. The van der Waals surface area contributed by atoms with Gasteiger partial charge in [0.2, 0.25) is 0 Å². The third-order valence-electron chi connectivity index (χ3n) is 4.97. The highest BCUT2D eigenvalue weighted by molar-refractivity contribution is 5.86. The molecule has 0 spiro atoms. The van der Waals surface area contributed by atoms with Gasteiger partial charge in [-0.05, 0) is 41.4 Å². The zero-order valence-corrected chi connectivity index (χ0v) is 11.4. The molecule has 0 aliphatic heterocycles. The predicted molar refractivity (Wildman–Crippen MR) is 74.7 cm³/mol. The Balaban J connectivity index is 2.30. The van der Waals surface area contributed by atoms with Crippen LogP contribution in [0.5, 0.6) is 0 Å². The van der Waals surface area contributed by atoms with Crippen molar-refractivity contribution >= 4 is 10.9 Å². The minimum Gasteiger partial charge on any atom is -0.262 e. The van der Waals surface area contributed by atoms with Gasteiger partial charge in [-0.15, -0.1) is 0 Å². The summed E-state index contributed by atoms with van der Waals surface area (Å²) in [5, 5.41) is 1.36. The highest BCUT2D eigenvalue weighted by atomic mass is 14.7. The van der Waals surface area contributed by atoms with Gasteiger partial charge in [0, 0.05) is 17.8 Å². The number of pyridine rings is 2. The maximum atomic E-state index is 4.47. The molecule has 0 saturated carbocycles. The Morgan fingerprint density at radius 3 is 3.00 bits per heavy atom. The van der Waals surface area contributed by atoms with Crippen molar-refractivity contribution < 1.29 is 0 Å². The standard InChI is InChI=1S/C16H20N2/c1-4-11(2)16(3)7-5-12-6-8-18-14-10-17-9-13(16)15(12)14/h6,8-11H,4-5,7H2,1-3H3. The van der Waals surface area contributed by atoms with E-state index in [1.54, 1.807) is 0 Å². The Bertz CT molecular complexity index is 585. The molecule has 2 heteroatoms. The van der Waals surface area contributed by atoms with Gasteiger partial charge in [0.05, 0.1) is 11.7 Å². The molecule has 0 fully saturated rings. The summed E-state index contributed by atoms with van der Waals surface area (Å²) in [6.45, 7) is 7.04. The molecule has 1 aliphatic rings. The van der Waals surface area contributed by atoms with E-state index in [4.69, 9.17) is 0 Å². The second-order valence-electron chi connectivity index (χ2n) is 5.78. The van der Waals surface area contributed by atoms with E-state index in [0.717, 1.165) is 11.9 Å². The van der Waals surface area contributed by atoms with Crippen LogP contribution in [0.25, 0.3) is 10.9 Å². The molecular weight excluding hydrogens is 220 g/mol. The molecule has 1 aliphatic carbocycles. The first-order valence-electron chi connectivity index (χ1n) is 6.89. The van der Waals surface area contributed by atoms with Gasteiger partial charge in [-0.1, -0.05) is 27.2 Å². The molecule has 2 atom stereocenters. The Morgan fingerprint density at radius 1 is 1.39 bits per heavy atom. The zero-order chi connectivity index (χ0) is 12.8. The third kappa shape index (κ3) is 1.48. The van der Waals surface area contributed by atoms with Gasteiger partial charge in [-0.3, -0.25) is 9.97 Å². The number of rotatable bonds is 2. The lowest BCUT2D eigenvalue weighted by Crippen LogP contribution is -2.33. The van der Waals surface area contributed by atoms with Crippen LogP contribution in [-0.2, 0) is 11.8 Å². The van der Waals surface area contributed by atoms with Crippen LogP contribution in [0.15, 0.2) is 24.7 Å². The molecule has 2 nitrogen and oxygen atoms in total. The molecular formula is C16H20N2. The van der Waals surface area contributed by atoms with Gasteiger partial charge in [0.1, 0.15) is 0 Å². The molecule has 2 aromatic rings. The third-order valence-corrected chi connectivity index (χ3v) is 4.97. The molecule has 18 heavy (non-hydrogen) atoms. The van der Waals surface area contributed by atoms with Crippen LogP contribution in [0.2, 0.25) is 0 Å². The maximum Gasteiger partial charge on any atom is 0.0890 e. The number of hydrogen-bond donors (Lipinski definition) is 0. The van der Waals surface area contributed by atoms with Crippen molar-refractivity contribution in [3.8, 4) is 0 Å². The fraction of sp³-hybridized carbons (Fsp3) is 0.500. The topological polar surface area (TPSA) is 25.8 Å². The van der Waals surface area contributed by atoms with Crippen molar-refractivity contribution in [3.05, 3.63) is 35.8 Å². The summed E-state index contributed by atoms with van der Waals surface area (Å²) in [6, 6.07) is 2.17. The molecule has 0 saturated heterocycles. The molecule has 2 unspecified atom stereocenters. The smallest absolute Gasteiger partial charge is 0.0890 e.